The molecule has 3 amide bonds. The summed E-state index contributed by atoms with van der Waals surface area (Å²) in [7, 11) is 0. The van der Waals surface area contributed by atoms with Gasteiger partial charge >= 0.3 is 0 Å². The van der Waals surface area contributed by atoms with Crippen LogP contribution in [0.2, 0.25) is 10.0 Å². The second kappa shape index (κ2) is 9.85. The molecule has 1 N–H and O–H groups in total. The van der Waals surface area contributed by atoms with E-state index < -0.39 is 45.3 Å². The molecule has 0 aromatic heterocycles. The summed E-state index contributed by atoms with van der Waals surface area (Å²) in [5.41, 5.74) is 3.81. The molecular weight excluding hydrogens is 614 g/mol. The standard InChI is InChI=1S/C33H22Cl4N2O3/c34-19-14-15-24(35)25(17-19)38-29(40)26(16-18-8-2-1-3-9-18)39-30(41)27-28(31(39)42)33(37)21-11-5-4-10-20(21)32(27,36)22-12-6-7-13-23(22)33/h1-15,17,26-28H,16H2,(H,38,40)/t26-,27-,28+,32?,33?/m1/s1. The van der Waals surface area contributed by atoms with Crippen molar-refractivity contribution in [2.24, 2.45) is 11.8 Å². The molecule has 4 aliphatic rings. The van der Waals surface area contributed by atoms with Crippen molar-refractivity contribution in [1.82, 2.24) is 4.90 Å². The molecule has 1 saturated heterocycles. The van der Waals surface area contributed by atoms with E-state index in [1.54, 1.807) is 12.1 Å². The molecule has 8 rings (SSSR count). The number of likely N-dealkylation sites (tertiary alicyclic amines) is 1. The zero-order valence-electron chi connectivity index (χ0n) is 21.9. The van der Waals surface area contributed by atoms with Crippen molar-refractivity contribution in [3.05, 3.63) is 135 Å². The van der Waals surface area contributed by atoms with Crippen molar-refractivity contribution in [2.75, 3.05) is 5.32 Å². The van der Waals surface area contributed by atoms with Gasteiger partial charge in [-0.15, -0.1) is 23.2 Å². The number of benzene rings is 4. The van der Waals surface area contributed by atoms with Gasteiger partial charge in [-0.3, -0.25) is 19.3 Å². The number of halogens is 4. The molecule has 210 valence electrons. The number of hydrogen-bond donors (Lipinski definition) is 1. The Kier molecular flexibility index (Phi) is 6.45. The lowest BCUT2D eigenvalue weighted by atomic mass is 9.54. The highest BCUT2D eigenvalue weighted by atomic mass is 35.5. The Hall–Kier alpha value is -3.35. The molecule has 0 spiro atoms. The Morgan fingerprint density at radius 2 is 1.21 bits per heavy atom. The second-order valence-electron chi connectivity index (χ2n) is 10.8. The van der Waals surface area contributed by atoms with E-state index in [1.807, 2.05) is 78.9 Å². The average molecular weight is 636 g/mol. The van der Waals surface area contributed by atoms with E-state index in [4.69, 9.17) is 46.4 Å². The van der Waals surface area contributed by atoms with E-state index in [9.17, 15) is 14.4 Å². The minimum atomic E-state index is -1.35. The van der Waals surface area contributed by atoms with Gasteiger partial charge in [-0.05, 0) is 46.0 Å². The number of hydrogen-bond acceptors (Lipinski definition) is 3. The number of imide groups is 1. The number of nitrogens with one attached hydrogen (secondary N) is 1. The average Bonchev–Trinajstić information content (AvgIpc) is 3.27. The molecule has 4 aromatic rings. The fourth-order valence-electron chi connectivity index (χ4n) is 6.94. The molecule has 1 fully saturated rings. The molecule has 5 nitrogen and oxygen atoms in total. The van der Waals surface area contributed by atoms with Crippen molar-refractivity contribution < 1.29 is 14.4 Å². The zero-order valence-corrected chi connectivity index (χ0v) is 24.9. The smallest absolute Gasteiger partial charge is 0.248 e. The lowest BCUT2D eigenvalue weighted by molar-refractivity contribution is -0.146. The largest absolute Gasteiger partial charge is 0.323 e. The number of rotatable bonds is 5. The molecule has 0 saturated carbocycles. The first-order valence-corrected chi connectivity index (χ1v) is 14.9. The maximum absolute atomic E-state index is 14.6. The van der Waals surface area contributed by atoms with Gasteiger partial charge in [-0.25, -0.2) is 0 Å². The summed E-state index contributed by atoms with van der Waals surface area (Å²) in [6.07, 6.45) is 0.0756. The van der Waals surface area contributed by atoms with Gasteiger partial charge in [0.2, 0.25) is 17.7 Å². The summed E-state index contributed by atoms with van der Waals surface area (Å²) in [5.74, 6) is -3.70. The predicted octanol–water partition coefficient (Wildman–Crippen LogP) is 7.14. The first-order valence-electron chi connectivity index (χ1n) is 13.4. The second-order valence-corrected chi connectivity index (χ2v) is 12.9. The summed E-state index contributed by atoms with van der Waals surface area (Å²) in [6, 6.07) is 27.5. The third-order valence-electron chi connectivity index (χ3n) is 8.69. The molecule has 9 heteroatoms. The summed E-state index contributed by atoms with van der Waals surface area (Å²) in [4.78, 5) is 41.5. The van der Waals surface area contributed by atoms with E-state index in [1.165, 1.54) is 6.07 Å². The number of nitrogens with zero attached hydrogens (tertiary/aromatic N) is 1. The van der Waals surface area contributed by atoms with Crippen LogP contribution < -0.4 is 5.32 Å². The lowest BCUT2D eigenvalue weighted by Crippen LogP contribution is -2.57. The van der Waals surface area contributed by atoms with Gasteiger partial charge in [-0.2, -0.15) is 0 Å². The highest BCUT2D eigenvalue weighted by Crippen LogP contribution is 2.69. The van der Waals surface area contributed by atoms with E-state index in [2.05, 4.69) is 5.32 Å². The SMILES string of the molecule is O=C(Nc1cc(Cl)ccc1Cl)[C@@H](Cc1ccccc1)N1C(=O)[C@@H]2[C@H](C1=O)C1(Cl)c3ccccc3C2(Cl)c2ccccc21. The maximum Gasteiger partial charge on any atom is 0.248 e. The zero-order chi connectivity index (χ0) is 29.4. The number of amides is 3. The molecule has 1 aliphatic heterocycles. The molecule has 1 heterocycles. The van der Waals surface area contributed by atoms with Crippen LogP contribution in [0.1, 0.15) is 27.8 Å². The predicted molar refractivity (Wildman–Crippen MR) is 164 cm³/mol. The first kappa shape index (κ1) is 27.5. The molecule has 3 atom stereocenters. The molecule has 3 aliphatic carbocycles. The van der Waals surface area contributed by atoms with Crippen molar-refractivity contribution in [3.8, 4) is 0 Å². The number of alkyl halides is 2. The third-order valence-corrected chi connectivity index (χ3v) is 10.5. The van der Waals surface area contributed by atoms with Crippen LogP contribution in [0.5, 0.6) is 0 Å². The van der Waals surface area contributed by atoms with Crippen LogP contribution >= 0.6 is 46.4 Å². The van der Waals surface area contributed by atoms with Crippen molar-refractivity contribution in [3.63, 3.8) is 0 Å². The summed E-state index contributed by atoms with van der Waals surface area (Å²) in [5, 5.41) is 3.43. The first-order chi connectivity index (χ1) is 20.2. The number of carbonyl (C=O) groups excluding carboxylic acids is 3. The molecule has 0 unspecified atom stereocenters. The van der Waals surface area contributed by atoms with E-state index >= 15 is 0 Å². The Bertz CT molecular complexity index is 1670. The van der Waals surface area contributed by atoms with Gasteiger partial charge in [0.15, 0.2) is 0 Å². The number of carbonyl (C=O) groups is 3. The Morgan fingerprint density at radius 3 is 1.71 bits per heavy atom. The van der Waals surface area contributed by atoms with E-state index in [-0.39, 0.29) is 17.1 Å². The summed E-state index contributed by atoms with van der Waals surface area (Å²) >= 11 is 27.7. The van der Waals surface area contributed by atoms with Crippen LogP contribution in [-0.2, 0) is 30.6 Å². The van der Waals surface area contributed by atoms with Gasteiger partial charge in [-0.1, -0.05) is 102 Å². The molecule has 4 aromatic carbocycles. The van der Waals surface area contributed by atoms with Crippen LogP contribution in [0, 0.1) is 11.8 Å². The van der Waals surface area contributed by atoms with Gasteiger partial charge in [0, 0.05) is 11.4 Å². The minimum absolute atomic E-state index is 0.0756. The molecule has 0 radical (unpaired) electrons. The van der Waals surface area contributed by atoms with Gasteiger partial charge in [0.25, 0.3) is 0 Å². The summed E-state index contributed by atoms with van der Waals surface area (Å²) in [6.45, 7) is 0. The normalized spacial score (nSPS) is 26.0. The molecule has 42 heavy (non-hydrogen) atoms. The Morgan fingerprint density at radius 1 is 0.738 bits per heavy atom. The Balaban J connectivity index is 1.37. The topological polar surface area (TPSA) is 66.5 Å². The number of anilines is 1. The van der Waals surface area contributed by atoms with Crippen molar-refractivity contribution in [2.45, 2.75) is 22.2 Å². The highest BCUT2D eigenvalue weighted by Gasteiger charge is 2.73. The Labute approximate surface area is 262 Å². The van der Waals surface area contributed by atoms with Gasteiger partial charge in [0.05, 0.1) is 22.5 Å². The van der Waals surface area contributed by atoms with Crippen molar-refractivity contribution >= 4 is 69.8 Å². The van der Waals surface area contributed by atoms with Crippen LogP contribution in [0.15, 0.2) is 97.1 Å². The van der Waals surface area contributed by atoms with Crippen LogP contribution in [-0.4, -0.2) is 28.7 Å². The van der Waals surface area contributed by atoms with Crippen LogP contribution in [0.4, 0.5) is 5.69 Å². The minimum Gasteiger partial charge on any atom is -0.323 e. The monoisotopic (exact) mass is 634 g/mol. The summed E-state index contributed by atoms with van der Waals surface area (Å²) < 4.78 is 0. The van der Waals surface area contributed by atoms with Crippen molar-refractivity contribution in [1.29, 1.82) is 0 Å². The van der Waals surface area contributed by atoms with E-state index in [0.717, 1.165) is 10.5 Å². The highest BCUT2D eigenvalue weighted by molar-refractivity contribution is 6.37. The third kappa shape index (κ3) is 3.74. The molecular formula is C33H22Cl4N2O3. The lowest BCUT2D eigenvalue weighted by Gasteiger charge is -2.54. The fraction of sp³-hybridized carbons (Fsp3) is 0.182. The van der Waals surface area contributed by atoms with Crippen LogP contribution in [0.3, 0.4) is 0 Å². The quantitative estimate of drug-likeness (QED) is 0.187. The fourth-order valence-corrected chi connectivity index (χ4v) is 8.38. The van der Waals surface area contributed by atoms with Gasteiger partial charge < -0.3 is 5.32 Å². The maximum atomic E-state index is 14.6. The van der Waals surface area contributed by atoms with Gasteiger partial charge in [0.1, 0.15) is 15.8 Å². The van der Waals surface area contributed by atoms with E-state index in [0.29, 0.717) is 27.3 Å². The molecule has 2 bridgehead atoms. The van der Waals surface area contributed by atoms with Crippen LogP contribution in [0.25, 0.3) is 0 Å².